The first-order valence-corrected chi connectivity index (χ1v) is 14.1. The summed E-state index contributed by atoms with van der Waals surface area (Å²) in [6.07, 6.45) is 12.7. The van der Waals surface area contributed by atoms with Gasteiger partial charge in [0.1, 0.15) is 0 Å². The number of aliphatic hydroxyl groups is 1. The van der Waals surface area contributed by atoms with Gasteiger partial charge in [-0.25, -0.2) is 0 Å². The van der Waals surface area contributed by atoms with E-state index >= 15 is 0 Å². The first-order chi connectivity index (χ1) is 17.1. The molecule has 198 valence electrons. The summed E-state index contributed by atoms with van der Waals surface area (Å²) in [6, 6.07) is 1.62. The van der Waals surface area contributed by atoms with Crippen LogP contribution in [0.2, 0.25) is 0 Å². The van der Waals surface area contributed by atoms with Crippen molar-refractivity contribution >= 4 is 11.8 Å². The summed E-state index contributed by atoms with van der Waals surface area (Å²) >= 11 is 0. The molecule has 1 N–H and O–H groups in total. The van der Waals surface area contributed by atoms with Crippen LogP contribution in [0.5, 0.6) is 0 Å². The Morgan fingerprint density at radius 1 is 1.11 bits per heavy atom. The predicted octanol–water partition coefficient (Wildman–Crippen LogP) is 3.78. The van der Waals surface area contributed by atoms with E-state index in [0.29, 0.717) is 31.0 Å². The lowest BCUT2D eigenvalue weighted by molar-refractivity contribution is -0.163. The Morgan fingerprint density at radius 2 is 1.81 bits per heavy atom. The van der Waals surface area contributed by atoms with Gasteiger partial charge >= 0.3 is 0 Å². The van der Waals surface area contributed by atoms with Crippen molar-refractivity contribution in [1.82, 2.24) is 14.4 Å². The van der Waals surface area contributed by atoms with Crippen molar-refractivity contribution in [2.45, 2.75) is 95.6 Å². The monoisotopic (exact) mass is 497 g/mol. The van der Waals surface area contributed by atoms with Crippen LogP contribution in [-0.4, -0.2) is 64.1 Å². The van der Waals surface area contributed by atoms with Gasteiger partial charge in [-0.1, -0.05) is 39.0 Å². The molecule has 3 aliphatic carbocycles. The lowest BCUT2D eigenvalue weighted by Gasteiger charge is -2.53. The lowest BCUT2D eigenvalue weighted by Crippen LogP contribution is -2.62. The van der Waals surface area contributed by atoms with Crippen molar-refractivity contribution in [3.63, 3.8) is 0 Å². The Morgan fingerprint density at radius 3 is 2.39 bits per heavy atom. The molecule has 4 aliphatic rings. The number of aromatic nitrogens is 1. The van der Waals surface area contributed by atoms with E-state index in [1.165, 1.54) is 19.3 Å². The van der Waals surface area contributed by atoms with Crippen LogP contribution in [0.25, 0.3) is 0 Å². The first-order valence-electron chi connectivity index (χ1n) is 14.1. The molecule has 2 unspecified atom stereocenters. The van der Waals surface area contributed by atoms with Gasteiger partial charge in [-0.3, -0.25) is 14.4 Å². The van der Waals surface area contributed by atoms with Gasteiger partial charge in [0.15, 0.2) is 0 Å². The Kier molecular flexibility index (Phi) is 6.81. The third-order valence-electron chi connectivity index (χ3n) is 9.73. The standard InChI is InChI=1S/C29H43N3O4/c1-20(15-21-7-6-8-21)26(34)31-14-13-29(36,28(18-31)11-4-5-12-28)19-32-17-24(27(35)30(2)3)23(16-25(32)33)22-9-10-22/h16-17,20-22,36H,4-15,18-19H2,1-3H3. The highest BCUT2D eigenvalue weighted by molar-refractivity contribution is 5.95. The molecule has 0 radical (unpaired) electrons. The van der Waals surface area contributed by atoms with E-state index in [2.05, 4.69) is 6.92 Å². The summed E-state index contributed by atoms with van der Waals surface area (Å²) in [4.78, 5) is 43.1. The van der Waals surface area contributed by atoms with Gasteiger partial charge in [0, 0.05) is 50.8 Å². The molecule has 1 aromatic rings. The number of hydrogen-bond donors (Lipinski definition) is 1. The number of piperidine rings is 1. The predicted molar refractivity (Wildman–Crippen MR) is 139 cm³/mol. The second-order valence-electron chi connectivity index (χ2n) is 12.5. The topological polar surface area (TPSA) is 82.8 Å². The molecule has 1 spiro atoms. The van der Waals surface area contributed by atoms with Crippen molar-refractivity contribution in [2.75, 3.05) is 27.2 Å². The number of amides is 2. The maximum Gasteiger partial charge on any atom is 0.255 e. The van der Waals surface area contributed by atoms with Crippen molar-refractivity contribution in [3.8, 4) is 0 Å². The van der Waals surface area contributed by atoms with Gasteiger partial charge in [-0.15, -0.1) is 0 Å². The van der Waals surface area contributed by atoms with Crippen LogP contribution in [0.15, 0.2) is 17.1 Å². The first kappa shape index (κ1) is 25.5. The molecule has 2 heterocycles. The number of carbonyl (C=O) groups excluding carboxylic acids is 2. The Bertz CT molecular complexity index is 1060. The summed E-state index contributed by atoms with van der Waals surface area (Å²) in [6.45, 7) is 3.32. The number of rotatable bonds is 7. The zero-order valence-electron chi connectivity index (χ0n) is 22.3. The molecule has 5 rings (SSSR count). The average molecular weight is 498 g/mol. The fourth-order valence-electron chi connectivity index (χ4n) is 7.07. The summed E-state index contributed by atoms with van der Waals surface area (Å²) < 4.78 is 1.57. The molecular weight excluding hydrogens is 454 g/mol. The number of pyridine rings is 1. The van der Waals surface area contributed by atoms with Crippen molar-refractivity contribution in [1.29, 1.82) is 0 Å². The molecule has 7 nitrogen and oxygen atoms in total. The van der Waals surface area contributed by atoms with Crippen LogP contribution in [0.3, 0.4) is 0 Å². The normalized spacial score (nSPS) is 26.6. The van der Waals surface area contributed by atoms with Crippen molar-refractivity contribution in [3.05, 3.63) is 33.7 Å². The van der Waals surface area contributed by atoms with Crippen LogP contribution in [0, 0.1) is 17.3 Å². The minimum atomic E-state index is -1.08. The fraction of sp³-hybridized carbons (Fsp3) is 0.759. The molecule has 3 saturated carbocycles. The lowest BCUT2D eigenvalue weighted by atomic mass is 9.65. The fourth-order valence-corrected chi connectivity index (χ4v) is 7.07. The molecule has 1 aliphatic heterocycles. The highest BCUT2D eigenvalue weighted by atomic mass is 16.3. The molecule has 4 fully saturated rings. The second-order valence-corrected chi connectivity index (χ2v) is 12.5. The summed E-state index contributed by atoms with van der Waals surface area (Å²) in [5, 5.41) is 12.2. The van der Waals surface area contributed by atoms with Crippen LogP contribution >= 0.6 is 0 Å². The zero-order valence-corrected chi connectivity index (χ0v) is 22.3. The van der Waals surface area contributed by atoms with Gasteiger partial charge in [0.2, 0.25) is 5.91 Å². The minimum Gasteiger partial charge on any atom is -0.387 e. The van der Waals surface area contributed by atoms with Gasteiger partial charge < -0.3 is 19.5 Å². The number of likely N-dealkylation sites (tertiary alicyclic amines) is 1. The van der Waals surface area contributed by atoms with Crippen molar-refractivity contribution < 1.29 is 14.7 Å². The van der Waals surface area contributed by atoms with Crippen molar-refractivity contribution in [2.24, 2.45) is 17.3 Å². The van der Waals surface area contributed by atoms with Crippen LogP contribution in [0.1, 0.15) is 99.4 Å². The van der Waals surface area contributed by atoms with Gasteiger partial charge in [-0.2, -0.15) is 0 Å². The van der Waals surface area contributed by atoms with Gasteiger partial charge in [0.25, 0.3) is 11.5 Å². The number of carbonyl (C=O) groups is 2. The molecule has 2 amide bonds. The van der Waals surface area contributed by atoms with E-state index < -0.39 is 11.0 Å². The maximum absolute atomic E-state index is 13.4. The van der Waals surface area contributed by atoms with E-state index in [-0.39, 0.29) is 35.8 Å². The van der Waals surface area contributed by atoms with Crippen LogP contribution in [-0.2, 0) is 11.3 Å². The third-order valence-corrected chi connectivity index (χ3v) is 9.73. The molecule has 36 heavy (non-hydrogen) atoms. The van der Waals surface area contributed by atoms with E-state index in [1.54, 1.807) is 35.8 Å². The molecular formula is C29H43N3O4. The smallest absolute Gasteiger partial charge is 0.255 e. The highest BCUT2D eigenvalue weighted by Gasteiger charge is 2.56. The quantitative estimate of drug-likeness (QED) is 0.622. The average Bonchev–Trinajstić information content (AvgIpc) is 3.56. The highest BCUT2D eigenvalue weighted by Crippen LogP contribution is 2.52. The number of nitrogens with zero attached hydrogens (tertiary/aromatic N) is 3. The summed E-state index contributed by atoms with van der Waals surface area (Å²) in [5.41, 5.74) is -0.221. The largest absolute Gasteiger partial charge is 0.387 e. The molecule has 1 aromatic heterocycles. The van der Waals surface area contributed by atoms with E-state index in [0.717, 1.165) is 50.5 Å². The zero-order chi connectivity index (χ0) is 25.7. The van der Waals surface area contributed by atoms with Crippen LogP contribution < -0.4 is 5.56 Å². The van der Waals surface area contributed by atoms with E-state index in [4.69, 9.17) is 0 Å². The summed E-state index contributed by atoms with van der Waals surface area (Å²) in [7, 11) is 3.46. The van der Waals surface area contributed by atoms with E-state index in [1.807, 2.05) is 4.90 Å². The Balaban J connectivity index is 1.39. The molecule has 0 bridgehead atoms. The molecule has 0 aromatic carbocycles. The Hall–Kier alpha value is -2.15. The number of hydrogen-bond acceptors (Lipinski definition) is 4. The third kappa shape index (κ3) is 4.64. The van der Waals surface area contributed by atoms with Gasteiger partial charge in [0.05, 0.1) is 17.7 Å². The molecule has 1 saturated heterocycles. The van der Waals surface area contributed by atoms with Gasteiger partial charge in [-0.05, 0) is 55.9 Å². The molecule has 2 atom stereocenters. The maximum atomic E-state index is 13.4. The Labute approximate surface area is 214 Å². The van der Waals surface area contributed by atoms with E-state index in [9.17, 15) is 19.5 Å². The second kappa shape index (κ2) is 9.62. The SMILES string of the molecule is CC(CC1CCC1)C(=O)N1CCC(O)(Cn2cc(C(=O)N(C)C)c(C3CC3)cc2=O)C2(CCCC2)C1. The van der Waals surface area contributed by atoms with Crippen LogP contribution in [0.4, 0.5) is 0 Å². The minimum absolute atomic E-state index is 0.0251. The summed E-state index contributed by atoms with van der Waals surface area (Å²) in [5.74, 6) is 1.12. The molecule has 7 heteroatoms.